The van der Waals surface area contributed by atoms with E-state index >= 15 is 0 Å². The maximum Gasteiger partial charge on any atom is 0.326 e. The Morgan fingerprint density at radius 3 is 1.24 bits per heavy atom. The lowest BCUT2D eigenvalue weighted by atomic mass is 10.0. The summed E-state index contributed by atoms with van der Waals surface area (Å²) in [6.45, 7) is -2.20. The number of carboxylic acid groups (broad SMARTS) is 2. The monoisotopic (exact) mass is 1030 g/mol. The quantitative estimate of drug-likeness (QED) is 0.0253. The molecule has 0 spiro atoms. The van der Waals surface area contributed by atoms with Crippen LogP contribution in [0.1, 0.15) is 89.9 Å². The van der Waals surface area contributed by atoms with Crippen LogP contribution in [-0.4, -0.2) is 180 Å². The van der Waals surface area contributed by atoms with Gasteiger partial charge in [-0.15, -0.1) is 0 Å². The molecular formula is C41H73N15O16. The minimum Gasteiger partial charge on any atom is -0.481 e. The summed E-state index contributed by atoms with van der Waals surface area (Å²) in [6, 6.07) is -10.9. The van der Waals surface area contributed by atoms with Gasteiger partial charge in [0.1, 0.15) is 36.3 Å². The third-order valence-corrected chi connectivity index (χ3v) is 10.2. The van der Waals surface area contributed by atoms with Gasteiger partial charge in [-0.05, 0) is 83.8 Å². The zero-order valence-corrected chi connectivity index (χ0v) is 40.0. The van der Waals surface area contributed by atoms with Gasteiger partial charge in [0.05, 0.1) is 38.7 Å². The molecule has 31 heteroatoms. The highest BCUT2D eigenvalue weighted by atomic mass is 16.4. The molecule has 0 radical (unpaired) electrons. The number of primary amides is 2. The highest BCUT2D eigenvalue weighted by Gasteiger charge is 2.34. The number of rotatable bonds is 40. The number of amides is 11. The first kappa shape index (κ1) is 64.9. The Labute approximate surface area is 414 Å². The molecule has 11 amide bonds. The number of aliphatic carboxylic acids is 2. The van der Waals surface area contributed by atoms with Crippen molar-refractivity contribution in [2.75, 3.05) is 45.9 Å². The van der Waals surface area contributed by atoms with Crippen molar-refractivity contribution in [3.05, 3.63) is 0 Å². The van der Waals surface area contributed by atoms with Gasteiger partial charge in [-0.25, -0.2) is 4.79 Å². The molecule has 7 atom stereocenters. The number of nitrogens with one attached hydrogen (secondary N) is 9. The molecule has 31 nitrogen and oxygen atoms in total. The molecule has 72 heavy (non-hydrogen) atoms. The summed E-state index contributed by atoms with van der Waals surface area (Å²) in [7, 11) is 0. The number of aliphatic hydroxyl groups is 1. The lowest BCUT2D eigenvalue weighted by Gasteiger charge is -2.27. The van der Waals surface area contributed by atoms with Gasteiger partial charge in [0.25, 0.3) is 0 Å². The fourth-order valence-electron chi connectivity index (χ4n) is 6.24. The normalized spacial score (nSPS) is 13.7. The summed E-state index contributed by atoms with van der Waals surface area (Å²) in [6.07, 6.45) is -0.652. The van der Waals surface area contributed by atoms with E-state index in [1.54, 1.807) is 0 Å². The third kappa shape index (κ3) is 29.2. The molecule has 0 fully saturated rings. The van der Waals surface area contributed by atoms with Gasteiger partial charge in [0, 0.05) is 12.8 Å². The summed E-state index contributed by atoms with van der Waals surface area (Å²) in [5.74, 6) is -13.9. The highest BCUT2D eigenvalue weighted by molar-refractivity contribution is 5.98. The summed E-state index contributed by atoms with van der Waals surface area (Å²) in [4.78, 5) is 164. The van der Waals surface area contributed by atoms with Crippen LogP contribution in [0.5, 0.6) is 0 Å². The molecule has 0 aromatic heterocycles. The number of unbranched alkanes of at least 4 members (excludes halogenated alkanes) is 3. The number of carbonyl (C=O) groups is 13. The predicted octanol–water partition coefficient (Wildman–Crippen LogP) is -8.96. The van der Waals surface area contributed by atoms with Crippen LogP contribution in [0.2, 0.25) is 0 Å². The molecule has 0 heterocycles. The summed E-state index contributed by atoms with van der Waals surface area (Å²) in [5.41, 5.74) is 32.8. The molecule has 24 N–H and O–H groups in total. The smallest absolute Gasteiger partial charge is 0.326 e. The first-order chi connectivity index (χ1) is 34.0. The maximum absolute atomic E-state index is 13.8. The third-order valence-electron chi connectivity index (χ3n) is 10.2. The molecule has 0 unspecified atom stereocenters. The van der Waals surface area contributed by atoms with Crippen molar-refractivity contribution in [1.82, 2.24) is 47.9 Å². The van der Waals surface area contributed by atoms with Crippen molar-refractivity contribution in [1.29, 1.82) is 0 Å². The van der Waals surface area contributed by atoms with Crippen molar-refractivity contribution < 1.29 is 77.6 Å². The van der Waals surface area contributed by atoms with Crippen LogP contribution in [0.3, 0.4) is 0 Å². The molecule has 0 aliphatic rings. The van der Waals surface area contributed by atoms with Gasteiger partial charge in [0.2, 0.25) is 65.0 Å². The second kappa shape index (κ2) is 36.8. The first-order valence-corrected chi connectivity index (χ1v) is 23.1. The van der Waals surface area contributed by atoms with Gasteiger partial charge in [0.15, 0.2) is 0 Å². The first-order valence-electron chi connectivity index (χ1n) is 23.1. The number of carboxylic acids is 2. The Morgan fingerprint density at radius 2 is 0.792 bits per heavy atom. The van der Waals surface area contributed by atoms with E-state index in [1.807, 2.05) is 0 Å². The number of nitrogens with two attached hydrogens (primary N) is 6. The predicted molar refractivity (Wildman–Crippen MR) is 251 cm³/mol. The average Bonchev–Trinajstić information content (AvgIpc) is 3.32. The Balaban J connectivity index is 6.05. The van der Waals surface area contributed by atoms with Crippen molar-refractivity contribution in [2.24, 2.45) is 34.4 Å². The fourth-order valence-corrected chi connectivity index (χ4v) is 6.24. The van der Waals surface area contributed by atoms with E-state index < -0.39 is 178 Å². The number of hydrogen-bond donors (Lipinski definition) is 18. The number of aliphatic hydroxyl groups excluding tert-OH is 1. The molecule has 0 saturated heterocycles. The summed E-state index contributed by atoms with van der Waals surface area (Å²) >= 11 is 0. The second-order valence-corrected chi connectivity index (χ2v) is 16.3. The lowest BCUT2D eigenvalue weighted by molar-refractivity contribution is -0.143. The molecule has 0 aromatic rings. The molecule has 0 rings (SSSR count). The molecule has 0 aliphatic heterocycles. The lowest BCUT2D eigenvalue weighted by Crippen LogP contribution is -2.60. The zero-order valence-electron chi connectivity index (χ0n) is 40.0. The standard InChI is InChI=1S/C41H73N15O16/c42-14-4-1-7-22(45)35(65)50-19-32(61)48-18-31(60)49-20-33(62)51-28(21-57)40(70)54-24(10-12-29(46)58)37(67)53-25(11-13-34(63)64)38(68)52-23(8-2-5-15-43)36(66)56-27(17-30(47)59)39(69)55-26(41(71)72)9-3-6-16-44/h22-28,57H,1-21,42-45H2,(H2,46,58)(H2,47,59)(H,48,61)(H,49,60)(H,50,65)(H,51,62)(H,52,68)(H,53,67)(H,54,70)(H,55,69)(H,56,66)(H,63,64)(H,71,72)/t22-,23-,24-,25-,26-,27-,28-/m0/s1. The van der Waals surface area contributed by atoms with Gasteiger partial charge in [-0.3, -0.25) is 57.5 Å². The second-order valence-electron chi connectivity index (χ2n) is 16.3. The SMILES string of the molecule is NCCCC[C@H](NC(=O)[C@H](CC(N)=O)NC(=O)[C@H](CCCCN)NC(=O)[C@H](CCC(=O)O)NC(=O)[C@H](CCC(N)=O)NC(=O)[C@H](CO)NC(=O)CNC(=O)CNC(=O)CNC(=O)[C@@H](N)CCCCN)C(=O)O. The highest BCUT2D eigenvalue weighted by Crippen LogP contribution is 2.09. The average molecular weight is 1030 g/mol. The van der Waals surface area contributed by atoms with E-state index in [2.05, 4.69) is 47.9 Å². The van der Waals surface area contributed by atoms with Crippen LogP contribution in [-0.2, 0) is 62.3 Å². The van der Waals surface area contributed by atoms with E-state index in [0.29, 0.717) is 45.1 Å². The van der Waals surface area contributed by atoms with E-state index in [9.17, 15) is 77.6 Å². The van der Waals surface area contributed by atoms with Crippen LogP contribution in [0, 0.1) is 0 Å². The zero-order chi connectivity index (χ0) is 54.8. The van der Waals surface area contributed by atoms with E-state index in [0.717, 1.165) is 0 Å². The Morgan fingerprint density at radius 1 is 0.403 bits per heavy atom. The van der Waals surface area contributed by atoms with Crippen molar-refractivity contribution >= 4 is 76.9 Å². The van der Waals surface area contributed by atoms with Crippen LogP contribution in [0.4, 0.5) is 0 Å². The van der Waals surface area contributed by atoms with E-state index in [-0.39, 0.29) is 32.4 Å². The molecule has 0 aromatic carbocycles. The minimum atomic E-state index is -1.80. The fraction of sp³-hybridized carbons (Fsp3) is 0.683. The summed E-state index contributed by atoms with van der Waals surface area (Å²) < 4.78 is 0. The maximum atomic E-state index is 13.8. The van der Waals surface area contributed by atoms with E-state index in [4.69, 9.17) is 34.4 Å². The molecule has 408 valence electrons. The van der Waals surface area contributed by atoms with Gasteiger partial charge < -0.3 is 97.6 Å². The Hall–Kier alpha value is -7.09. The van der Waals surface area contributed by atoms with Crippen LogP contribution < -0.4 is 82.3 Å². The van der Waals surface area contributed by atoms with Gasteiger partial charge in [-0.1, -0.05) is 6.42 Å². The van der Waals surface area contributed by atoms with Crippen molar-refractivity contribution in [3.8, 4) is 0 Å². The van der Waals surface area contributed by atoms with E-state index in [1.165, 1.54) is 0 Å². The Kier molecular flexibility index (Phi) is 33.2. The van der Waals surface area contributed by atoms with Gasteiger partial charge in [-0.2, -0.15) is 0 Å². The van der Waals surface area contributed by atoms with Crippen molar-refractivity contribution in [2.45, 2.75) is 132 Å². The number of hydrogen-bond acceptors (Lipinski definition) is 18. The van der Waals surface area contributed by atoms with Crippen LogP contribution in [0.15, 0.2) is 0 Å². The minimum absolute atomic E-state index is 0.0475. The van der Waals surface area contributed by atoms with Crippen LogP contribution >= 0.6 is 0 Å². The van der Waals surface area contributed by atoms with Crippen LogP contribution in [0.25, 0.3) is 0 Å². The molecule has 0 saturated carbocycles. The number of carbonyl (C=O) groups excluding carboxylic acids is 11. The summed E-state index contributed by atoms with van der Waals surface area (Å²) in [5, 5.41) is 49.1. The molecular weight excluding hydrogens is 959 g/mol. The topological polar surface area (TPSA) is 547 Å². The molecule has 0 aliphatic carbocycles. The largest absolute Gasteiger partial charge is 0.481 e. The Bertz CT molecular complexity index is 1860. The van der Waals surface area contributed by atoms with Crippen molar-refractivity contribution in [3.63, 3.8) is 0 Å². The molecule has 0 bridgehead atoms. The van der Waals surface area contributed by atoms with Gasteiger partial charge >= 0.3 is 11.9 Å².